The fourth-order valence-corrected chi connectivity index (χ4v) is 5.37. The number of carbonyl (C=O) groups is 3. The van der Waals surface area contributed by atoms with Crippen LogP contribution in [0.5, 0.6) is 0 Å². The van der Waals surface area contributed by atoms with Gasteiger partial charge in [0.2, 0.25) is 11.8 Å². The van der Waals surface area contributed by atoms with Gasteiger partial charge in [-0.25, -0.2) is 0 Å². The Kier molecular flexibility index (Phi) is 9.59. The smallest absolute Gasteiger partial charge is 0.302 e. The van der Waals surface area contributed by atoms with E-state index < -0.39 is 5.41 Å². The molecule has 1 aliphatic carbocycles. The molecule has 7 nitrogen and oxygen atoms in total. The Labute approximate surface area is 214 Å². The monoisotopic (exact) mass is 505 g/mol. The first-order valence-electron chi connectivity index (χ1n) is 12.8. The van der Waals surface area contributed by atoms with E-state index >= 15 is 0 Å². The quantitative estimate of drug-likeness (QED) is 0.516. The number of nitrogens with one attached hydrogen (secondary N) is 1. The van der Waals surface area contributed by atoms with Gasteiger partial charge in [0.05, 0.1) is 17.5 Å². The van der Waals surface area contributed by atoms with Crippen LogP contribution in [0.15, 0.2) is 24.3 Å². The van der Waals surface area contributed by atoms with Crippen molar-refractivity contribution in [1.29, 1.82) is 0 Å². The van der Waals surface area contributed by atoms with Crippen LogP contribution in [0.4, 0.5) is 0 Å². The molecule has 2 atom stereocenters. The molecule has 0 bridgehead atoms. The molecule has 1 aromatic carbocycles. The van der Waals surface area contributed by atoms with Crippen molar-refractivity contribution in [3.63, 3.8) is 0 Å². The molecule has 0 aromatic heterocycles. The summed E-state index contributed by atoms with van der Waals surface area (Å²) in [4.78, 5) is 42.6. The first-order valence-corrected chi connectivity index (χ1v) is 13.2. The van der Waals surface area contributed by atoms with Gasteiger partial charge >= 0.3 is 5.97 Å². The number of hydrogen-bond donors (Lipinski definition) is 1. The highest BCUT2D eigenvalue weighted by Gasteiger charge is 2.43. The Bertz CT molecular complexity index is 883. The molecule has 2 fully saturated rings. The maximum atomic E-state index is 13.8. The van der Waals surface area contributed by atoms with E-state index in [0.717, 1.165) is 37.7 Å². The lowest BCUT2D eigenvalue weighted by Crippen LogP contribution is -2.55. The molecule has 0 spiro atoms. The highest BCUT2D eigenvalue weighted by molar-refractivity contribution is 6.30. The molecule has 2 amide bonds. The number of esters is 1. The summed E-state index contributed by atoms with van der Waals surface area (Å²) in [5.74, 6) is -0.317. The summed E-state index contributed by atoms with van der Waals surface area (Å²) in [5, 5.41) is 3.84. The first-order chi connectivity index (χ1) is 16.6. The zero-order chi connectivity index (χ0) is 25.6. The van der Waals surface area contributed by atoms with E-state index in [4.69, 9.17) is 16.3 Å². The molecule has 0 unspecified atom stereocenters. The third-order valence-electron chi connectivity index (χ3n) is 7.29. The van der Waals surface area contributed by atoms with Crippen molar-refractivity contribution in [3.05, 3.63) is 34.9 Å². The van der Waals surface area contributed by atoms with E-state index in [2.05, 4.69) is 5.32 Å². The fraction of sp³-hybridized carbons (Fsp3) is 0.667. The average Bonchev–Trinajstić information content (AvgIpc) is 3.32. The maximum Gasteiger partial charge on any atom is 0.302 e. The predicted octanol–water partition coefficient (Wildman–Crippen LogP) is 3.82. The molecule has 194 valence electrons. The molecule has 35 heavy (non-hydrogen) atoms. The van der Waals surface area contributed by atoms with Crippen molar-refractivity contribution in [2.75, 3.05) is 26.7 Å². The standard InChI is InChI=1S/C27H40ClN3O4/c1-19(32)35-18-27(2,3)26(34)31(22-8-6-5-7-9-22)23-14-15-30(17-23)25(33)24(29-4)16-20-10-12-21(28)13-11-20/h10-13,22-24,29H,5-9,14-18H2,1-4H3/t23-,24+/m0/s1. The van der Waals surface area contributed by atoms with Crippen molar-refractivity contribution in [3.8, 4) is 0 Å². The first kappa shape index (κ1) is 27.5. The lowest BCUT2D eigenvalue weighted by atomic mass is 9.87. The molecule has 1 saturated carbocycles. The van der Waals surface area contributed by atoms with Gasteiger partial charge in [-0.3, -0.25) is 14.4 Å². The summed E-state index contributed by atoms with van der Waals surface area (Å²) in [6.07, 6.45) is 6.71. The molecule has 0 radical (unpaired) electrons. The maximum absolute atomic E-state index is 13.8. The summed E-state index contributed by atoms with van der Waals surface area (Å²) in [6, 6.07) is 7.37. The Morgan fingerprint density at radius 3 is 2.37 bits per heavy atom. The van der Waals surface area contributed by atoms with Crippen LogP contribution in [0, 0.1) is 5.41 Å². The van der Waals surface area contributed by atoms with Crippen molar-refractivity contribution < 1.29 is 19.1 Å². The molecular formula is C27H40ClN3O4. The zero-order valence-electron chi connectivity index (χ0n) is 21.5. The third-order valence-corrected chi connectivity index (χ3v) is 7.54. The second kappa shape index (κ2) is 12.2. The lowest BCUT2D eigenvalue weighted by molar-refractivity contribution is -0.155. The number of hydrogen-bond acceptors (Lipinski definition) is 5. The molecule has 1 N–H and O–H groups in total. The third kappa shape index (κ3) is 7.20. The van der Waals surface area contributed by atoms with Crippen molar-refractivity contribution in [2.45, 2.75) is 83.8 Å². The number of halogens is 1. The van der Waals surface area contributed by atoms with Gasteiger partial charge in [-0.2, -0.15) is 0 Å². The van der Waals surface area contributed by atoms with Crippen molar-refractivity contribution in [1.82, 2.24) is 15.1 Å². The van der Waals surface area contributed by atoms with Gasteiger partial charge in [-0.1, -0.05) is 43.0 Å². The highest BCUT2D eigenvalue weighted by atomic mass is 35.5. The molecule has 1 aliphatic heterocycles. The molecule has 1 aromatic rings. The summed E-state index contributed by atoms with van der Waals surface area (Å²) in [6.45, 7) is 6.27. The lowest BCUT2D eigenvalue weighted by Gasteiger charge is -2.42. The van der Waals surface area contributed by atoms with E-state index in [9.17, 15) is 14.4 Å². The van der Waals surface area contributed by atoms with Crippen LogP contribution >= 0.6 is 11.6 Å². The number of amides is 2. The summed E-state index contributed by atoms with van der Waals surface area (Å²) < 4.78 is 5.23. The number of carbonyl (C=O) groups excluding carboxylic acids is 3. The fourth-order valence-electron chi connectivity index (χ4n) is 5.24. The van der Waals surface area contributed by atoms with Crippen LogP contribution in [0.25, 0.3) is 0 Å². The average molecular weight is 506 g/mol. The van der Waals surface area contributed by atoms with Crippen LogP contribution in [-0.4, -0.2) is 72.5 Å². The van der Waals surface area contributed by atoms with Crippen LogP contribution in [0.1, 0.15) is 64.9 Å². The van der Waals surface area contributed by atoms with Gasteiger partial charge < -0.3 is 19.9 Å². The van der Waals surface area contributed by atoms with Gasteiger partial charge in [0.15, 0.2) is 0 Å². The molecule has 2 aliphatic rings. The van der Waals surface area contributed by atoms with Gasteiger partial charge in [-0.05, 0) is 64.3 Å². The number of benzene rings is 1. The highest BCUT2D eigenvalue weighted by Crippen LogP contribution is 2.32. The summed E-state index contributed by atoms with van der Waals surface area (Å²) in [7, 11) is 1.81. The van der Waals surface area contributed by atoms with E-state index in [-0.39, 0.29) is 42.5 Å². The minimum absolute atomic E-state index is 0.0104. The Balaban J connectivity index is 1.72. The molecule has 8 heteroatoms. The summed E-state index contributed by atoms with van der Waals surface area (Å²) >= 11 is 6.00. The summed E-state index contributed by atoms with van der Waals surface area (Å²) in [5.41, 5.74) is 0.229. The number of likely N-dealkylation sites (tertiary alicyclic amines) is 1. The second-order valence-corrected chi connectivity index (χ2v) is 11.0. The van der Waals surface area contributed by atoms with Crippen LogP contribution < -0.4 is 5.32 Å². The topological polar surface area (TPSA) is 79.0 Å². The second-order valence-electron chi connectivity index (χ2n) is 10.6. The van der Waals surface area contributed by atoms with Crippen LogP contribution in [0.3, 0.4) is 0 Å². The normalized spacial score (nSPS) is 19.9. The molecule has 1 saturated heterocycles. The SMILES string of the molecule is CN[C@H](Cc1ccc(Cl)cc1)C(=O)N1CC[C@H](N(C(=O)C(C)(C)COC(C)=O)C2CCCCC2)C1. The Morgan fingerprint density at radius 1 is 1.11 bits per heavy atom. The number of rotatable bonds is 9. The minimum Gasteiger partial charge on any atom is -0.465 e. The van der Waals surface area contributed by atoms with E-state index in [0.29, 0.717) is 24.5 Å². The van der Waals surface area contributed by atoms with Crippen LogP contribution in [0.2, 0.25) is 5.02 Å². The van der Waals surface area contributed by atoms with Crippen LogP contribution in [-0.2, 0) is 25.5 Å². The largest absolute Gasteiger partial charge is 0.465 e. The van der Waals surface area contributed by atoms with Gasteiger partial charge in [0.1, 0.15) is 6.61 Å². The van der Waals surface area contributed by atoms with Gasteiger partial charge in [-0.15, -0.1) is 0 Å². The zero-order valence-corrected chi connectivity index (χ0v) is 22.3. The minimum atomic E-state index is -0.817. The van der Waals surface area contributed by atoms with Crippen molar-refractivity contribution in [2.24, 2.45) is 5.41 Å². The predicted molar refractivity (Wildman–Crippen MR) is 137 cm³/mol. The number of likely N-dealkylation sites (N-methyl/N-ethyl adjacent to an activating group) is 1. The Morgan fingerprint density at radius 2 is 1.77 bits per heavy atom. The van der Waals surface area contributed by atoms with Gasteiger partial charge in [0, 0.05) is 31.1 Å². The van der Waals surface area contributed by atoms with E-state index in [1.54, 1.807) is 7.05 Å². The van der Waals surface area contributed by atoms with Gasteiger partial charge in [0.25, 0.3) is 0 Å². The van der Waals surface area contributed by atoms with Crippen molar-refractivity contribution >= 4 is 29.4 Å². The Hall–Kier alpha value is -2.12. The van der Waals surface area contributed by atoms with E-state index in [1.165, 1.54) is 13.3 Å². The molecule has 1 heterocycles. The molecular weight excluding hydrogens is 466 g/mol. The van der Waals surface area contributed by atoms with E-state index in [1.807, 2.05) is 47.9 Å². The number of ether oxygens (including phenoxy) is 1. The molecule has 3 rings (SSSR count). The number of nitrogens with zero attached hydrogens (tertiary/aromatic N) is 2.